The van der Waals surface area contributed by atoms with Gasteiger partial charge in [0, 0.05) is 39.7 Å². The van der Waals surface area contributed by atoms with Gasteiger partial charge in [0.1, 0.15) is 6.61 Å². The largest absolute Gasteiger partial charge is 0.493 e. The van der Waals surface area contributed by atoms with E-state index < -0.39 is 0 Å². The second-order valence-corrected chi connectivity index (χ2v) is 5.99. The molecule has 1 heterocycles. The quantitative estimate of drug-likeness (QED) is 0.285. The molecule has 1 aliphatic heterocycles. The Morgan fingerprint density at radius 3 is 2.88 bits per heavy atom. The number of hydrogen-bond acceptors (Lipinski definition) is 4. The zero-order valence-corrected chi connectivity index (χ0v) is 18.0. The van der Waals surface area contributed by atoms with Crippen LogP contribution in [-0.2, 0) is 11.3 Å². The topological polar surface area (TPSA) is 55.3 Å². The number of guanidine groups is 1. The van der Waals surface area contributed by atoms with Gasteiger partial charge < -0.3 is 24.4 Å². The molecule has 1 saturated heterocycles. The minimum Gasteiger partial charge on any atom is -0.493 e. The van der Waals surface area contributed by atoms with Gasteiger partial charge in [-0.15, -0.1) is 30.4 Å². The molecular formula is C19H28IN3O3. The van der Waals surface area contributed by atoms with Gasteiger partial charge in [0.15, 0.2) is 17.5 Å². The first-order valence-electron chi connectivity index (χ1n) is 8.40. The molecule has 0 spiro atoms. The van der Waals surface area contributed by atoms with Crippen LogP contribution in [0.1, 0.15) is 12.0 Å². The number of terminal acetylenes is 1. The maximum atomic E-state index is 5.54. The molecule has 0 bridgehead atoms. The van der Waals surface area contributed by atoms with Gasteiger partial charge >= 0.3 is 0 Å². The Balaban J connectivity index is 0.00000338. The summed E-state index contributed by atoms with van der Waals surface area (Å²) >= 11 is 0. The molecule has 1 aliphatic rings. The van der Waals surface area contributed by atoms with Gasteiger partial charge in [0.25, 0.3) is 0 Å². The van der Waals surface area contributed by atoms with Gasteiger partial charge in [0.2, 0.25) is 0 Å². The molecule has 1 aromatic rings. The predicted octanol–water partition coefficient (Wildman–Crippen LogP) is 2.37. The lowest BCUT2D eigenvalue weighted by molar-refractivity contribution is 0.181. The van der Waals surface area contributed by atoms with Crippen LogP contribution in [-0.4, -0.2) is 58.4 Å². The Kier molecular flexibility index (Phi) is 10.2. The molecule has 0 saturated carbocycles. The fraction of sp³-hybridized carbons (Fsp3) is 0.526. The van der Waals surface area contributed by atoms with Gasteiger partial charge in [-0.2, -0.15) is 0 Å². The molecular weight excluding hydrogens is 445 g/mol. The Bertz CT molecular complexity index is 625. The van der Waals surface area contributed by atoms with E-state index in [1.807, 2.05) is 25.2 Å². The summed E-state index contributed by atoms with van der Waals surface area (Å²) in [5.74, 6) is 5.20. The van der Waals surface area contributed by atoms with Crippen LogP contribution in [0.25, 0.3) is 0 Å². The maximum absolute atomic E-state index is 5.54. The van der Waals surface area contributed by atoms with E-state index >= 15 is 0 Å². The van der Waals surface area contributed by atoms with Crippen molar-refractivity contribution < 1.29 is 14.2 Å². The third kappa shape index (κ3) is 6.57. The highest BCUT2D eigenvalue weighted by Crippen LogP contribution is 2.28. The van der Waals surface area contributed by atoms with Crippen LogP contribution >= 0.6 is 24.0 Å². The molecule has 1 N–H and O–H groups in total. The summed E-state index contributed by atoms with van der Waals surface area (Å²) in [6.45, 7) is 3.46. The summed E-state index contributed by atoms with van der Waals surface area (Å²) in [5.41, 5.74) is 1.06. The van der Waals surface area contributed by atoms with Crippen LogP contribution in [0.4, 0.5) is 0 Å². The molecule has 7 heteroatoms. The van der Waals surface area contributed by atoms with Crippen molar-refractivity contribution in [1.29, 1.82) is 0 Å². The first-order chi connectivity index (χ1) is 12.2. The van der Waals surface area contributed by atoms with Crippen molar-refractivity contribution in [2.24, 2.45) is 10.9 Å². The maximum Gasteiger partial charge on any atom is 0.193 e. The van der Waals surface area contributed by atoms with Crippen molar-refractivity contribution in [3.8, 4) is 23.8 Å². The van der Waals surface area contributed by atoms with E-state index in [1.165, 1.54) is 0 Å². The molecule has 1 aromatic carbocycles. The van der Waals surface area contributed by atoms with Gasteiger partial charge in [-0.05, 0) is 24.1 Å². The Labute approximate surface area is 173 Å². The fourth-order valence-corrected chi connectivity index (χ4v) is 2.83. The van der Waals surface area contributed by atoms with E-state index in [4.69, 9.17) is 20.6 Å². The minimum absolute atomic E-state index is 0. The van der Waals surface area contributed by atoms with Crippen molar-refractivity contribution in [3.05, 3.63) is 23.8 Å². The molecule has 0 amide bonds. The smallest absolute Gasteiger partial charge is 0.193 e. The van der Waals surface area contributed by atoms with E-state index in [0.717, 1.165) is 37.7 Å². The number of ether oxygens (including phenoxy) is 3. The number of benzene rings is 1. The lowest BCUT2D eigenvalue weighted by Gasteiger charge is -2.24. The lowest BCUT2D eigenvalue weighted by atomic mass is 10.1. The average Bonchev–Trinajstić information content (AvgIpc) is 3.13. The molecule has 0 aromatic heterocycles. The first kappa shape index (κ1) is 22.4. The summed E-state index contributed by atoms with van der Waals surface area (Å²) in [7, 11) is 5.45. The summed E-state index contributed by atoms with van der Waals surface area (Å²) < 4.78 is 16.3. The summed E-state index contributed by atoms with van der Waals surface area (Å²) in [5, 5.41) is 3.38. The Morgan fingerprint density at radius 2 is 2.27 bits per heavy atom. The second kappa shape index (κ2) is 11.9. The lowest BCUT2D eigenvalue weighted by Crippen LogP contribution is -2.41. The molecule has 26 heavy (non-hydrogen) atoms. The van der Waals surface area contributed by atoms with Crippen molar-refractivity contribution in [2.45, 2.75) is 13.0 Å². The summed E-state index contributed by atoms with van der Waals surface area (Å²) in [6.07, 6.45) is 6.37. The molecule has 1 atom stereocenters. The number of aliphatic imine (C=N–C) groups is 1. The number of hydrogen-bond donors (Lipinski definition) is 1. The van der Waals surface area contributed by atoms with Gasteiger partial charge in [-0.1, -0.05) is 12.0 Å². The van der Waals surface area contributed by atoms with Gasteiger partial charge in [-0.3, -0.25) is 4.99 Å². The third-order valence-electron chi connectivity index (χ3n) is 4.12. The number of rotatable bonds is 7. The van der Waals surface area contributed by atoms with Crippen LogP contribution in [0, 0.1) is 18.3 Å². The standard InChI is InChI=1S/C19H27N3O3.HI/c1-5-9-25-18-11-15(6-7-17(18)23-4)12-21-19(20-2)22(3)13-16-8-10-24-14-16;/h1,6-7,11,16H,8-10,12-14H2,2-4H3,(H,20,21);1H. The van der Waals surface area contributed by atoms with E-state index in [-0.39, 0.29) is 30.6 Å². The highest BCUT2D eigenvalue weighted by atomic mass is 127. The van der Waals surface area contributed by atoms with Crippen LogP contribution in [0.5, 0.6) is 11.5 Å². The van der Waals surface area contributed by atoms with Crippen molar-refractivity contribution in [1.82, 2.24) is 10.2 Å². The van der Waals surface area contributed by atoms with E-state index in [0.29, 0.717) is 24.0 Å². The molecule has 0 aliphatic carbocycles. The normalized spacial score (nSPS) is 16.4. The highest BCUT2D eigenvalue weighted by molar-refractivity contribution is 14.0. The Hall–Kier alpha value is -1.66. The van der Waals surface area contributed by atoms with Gasteiger partial charge in [-0.25, -0.2) is 0 Å². The SMILES string of the molecule is C#CCOc1cc(CNC(=NC)N(C)CC2CCOC2)ccc1OC.I. The van der Waals surface area contributed by atoms with Crippen LogP contribution in [0.15, 0.2) is 23.2 Å². The number of nitrogens with one attached hydrogen (secondary N) is 1. The molecule has 0 radical (unpaired) electrons. The zero-order chi connectivity index (χ0) is 18.1. The summed E-state index contributed by atoms with van der Waals surface area (Å²) in [6, 6.07) is 5.80. The van der Waals surface area contributed by atoms with E-state index in [1.54, 1.807) is 14.2 Å². The first-order valence-corrected chi connectivity index (χ1v) is 8.40. The predicted molar refractivity (Wildman–Crippen MR) is 114 cm³/mol. The number of methoxy groups -OCH3 is 1. The second-order valence-electron chi connectivity index (χ2n) is 5.99. The fourth-order valence-electron chi connectivity index (χ4n) is 2.83. The van der Waals surface area contributed by atoms with Crippen LogP contribution in [0.2, 0.25) is 0 Å². The molecule has 144 valence electrons. The molecule has 6 nitrogen and oxygen atoms in total. The van der Waals surface area contributed by atoms with Crippen molar-refractivity contribution >= 4 is 29.9 Å². The van der Waals surface area contributed by atoms with Crippen LogP contribution < -0.4 is 14.8 Å². The summed E-state index contributed by atoms with van der Waals surface area (Å²) in [4.78, 5) is 6.50. The van der Waals surface area contributed by atoms with Crippen molar-refractivity contribution in [3.63, 3.8) is 0 Å². The minimum atomic E-state index is 0. The molecule has 2 rings (SSSR count). The Morgan fingerprint density at radius 1 is 1.46 bits per heavy atom. The molecule has 1 fully saturated rings. The highest BCUT2D eigenvalue weighted by Gasteiger charge is 2.19. The zero-order valence-electron chi connectivity index (χ0n) is 15.7. The average molecular weight is 473 g/mol. The molecule has 1 unspecified atom stereocenters. The van der Waals surface area contributed by atoms with E-state index in [2.05, 4.69) is 21.1 Å². The number of halogens is 1. The van der Waals surface area contributed by atoms with Crippen LogP contribution in [0.3, 0.4) is 0 Å². The monoisotopic (exact) mass is 473 g/mol. The number of nitrogens with zero attached hydrogens (tertiary/aromatic N) is 2. The van der Waals surface area contributed by atoms with E-state index in [9.17, 15) is 0 Å². The van der Waals surface area contributed by atoms with Crippen molar-refractivity contribution in [2.75, 3.05) is 47.6 Å². The van der Waals surface area contributed by atoms with Gasteiger partial charge in [0.05, 0.1) is 13.7 Å². The third-order valence-corrected chi connectivity index (χ3v) is 4.12.